The Morgan fingerprint density at radius 3 is 2.54 bits per heavy atom. The van der Waals surface area contributed by atoms with Crippen LogP contribution in [-0.2, 0) is 0 Å². The minimum absolute atomic E-state index is 0.439. The summed E-state index contributed by atoms with van der Waals surface area (Å²) in [5, 5.41) is 15.7. The number of para-hydroxylation sites is 1. The number of hydrogen-bond donors (Lipinski definition) is 1. The topological polar surface area (TPSA) is 63.8 Å². The molecule has 0 spiro atoms. The van der Waals surface area contributed by atoms with Gasteiger partial charge >= 0.3 is 0 Å². The molecule has 0 fully saturated rings. The molecular weight excluding hydrogens is 344 g/mol. The van der Waals surface area contributed by atoms with Gasteiger partial charge in [0.25, 0.3) is 0 Å². The van der Waals surface area contributed by atoms with Crippen molar-refractivity contribution in [2.24, 2.45) is 5.10 Å². The maximum Gasteiger partial charge on any atom is 0.216 e. The van der Waals surface area contributed by atoms with E-state index in [-0.39, 0.29) is 0 Å². The van der Waals surface area contributed by atoms with Crippen molar-refractivity contribution in [3.63, 3.8) is 0 Å². The van der Waals surface area contributed by atoms with Gasteiger partial charge in [-0.05, 0) is 31.3 Å². The minimum atomic E-state index is 0.439. The smallest absolute Gasteiger partial charge is 0.216 e. The predicted octanol–water partition coefficient (Wildman–Crippen LogP) is 3.98. The van der Waals surface area contributed by atoms with Gasteiger partial charge in [0.05, 0.1) is 11.9 Å². The number of aryl methyl sites for hydroxylation is 1. The average Bonchev–Trinajstić information content (AvgIpc) is 3.27. The van der Waals surface area contributed by atoms with Gasteiger partial charge in [-0.1, -0.05) is 48.0 Å². The second-order valence-electron chi connectivity index (χ2n) is 5.83. The van der Waals surface area contributed by atoms with E-state index in [9.17, 15) is 0 Å². The van der Waals surface area contributed by atoms with E-state index >= 15 is 0 Å². The lowest BCUT2D eigenvalue weighted by atomic mass is 10.1. The Kier molecular flexibility index (Phi) is 4.28. The molecule has 0 aliphatic heterocycles. The third kappa shape index (κ3) is 3.25. The van der Waals surface area contributed by atoms with Gasteiger partial charge in [-0.3, -0.25) is 5.10 Å². The Labute approximate surface area is 155 Å². The van der Waals surface area contributed by atoms with Crippen LogP contribution in [0.1, 0.15) is 11.1 Å². The summed E-state index contributed by atoms with van der Waals surface area (Å²) in [5.74, 6) is 0. The first-order valence-corrected chi connectivity index (χ1v) is 8.50. The first-order chi connectivity index (χ1) is 12.7. The molecular formula is C19H16N6S. The van der Waals surface area contributed by atoms with E-state index in [1.807, 2.05) is 41.2 Å². The molecule has 0 unspecified atom stereocenters. The summed E-state index contributed by atoms with van der Waals surface area (Å²) in [6, 6.07) is 18.3. The molecule has 0 radical (unpaired) electrons. The summed E-state index contributed by atoms with van der Waals surface area (Å²) < 4.78 is 3.80. The van der Waals surface area contributed by atoms with Crippen LogP contribution >= 0.6 is 12.2 Å². The molecule has 0 saturated carbocycles. The summed E-state index contributed by atoms with van der Waals surface area (Å²) in [6.07, 6.45) is 5.23. The van der Waals surface area contributed by atoms with Gasteiger partial charge in [0.1, 0.15) is 12.0 Å². The summed E-state index contributed by atoms with van der Waals surface area (Å²) >= 11 is 5.13. The normalized spacial score (nSPS) is 11.3. The van der Waals surface area contributed by atoms with Gasteiger partial charge in [-0.2, -0.15) is 20.0 Å². The Balaban J connectivity index is 1.81. The van der Waals surface area contributed by atoms with E-state index in [1.54, 1.807) is 6.21 Å². The molecule has 1 N–H and O–H groups in total. The van der Waals surface area contributed by atoms with Crippen molar-refractivity contribution in [2.45, 2.75) is 6.92 Å². The fraction of sp³-hybridized carbons (Fsp3) is 0.0526. The molecule has 26 heavy (non-hydrogen) atoms. The highest BCUT2D eigenvalue weighted by atomic mass is 32.1. The molecule has 2 aromatic carbocycles. The van der Waals surface area contributed by atoms with Crippen LogP contribution in [0.3, 0.4) is 0 Å². The van der Waals surface area contributed by atoms with Gasteiger partial charge in [0.2, 0.25) is 4.77 Å². The van der Waals surface area contributed by atoms with Crippen molar-refractivity contribution >= 4 is 18.4 Å². The number of hydrogen-bond acceptors (Lipinski definition) is 4. The van der Waals surface area contributed by atoms with Crippen molar-refractivity contribution in [2.75, 3.05) is 0 Å². The molecule has 6 nitrogen and oxygen atoms in total. The highest BCUT2D eigenvalue weighted by Crippen LogP contribution is 2.23. The van der Waals surface area contributed by atoms with E-state index in [4.69, 9.17) is 17.3 Å². The van der Waals surface area contributed by atoms with E-state index < -0.39 is 0 Å². The molecule has 0 amide bonds. The molecule has 0 atom stereocenters. The number of benzene rings is 2. The SMILES string of the molecule is Cc1ccc(-c2nn(-c3ccccc3)cc2/C=N\n2cn[nH]c2=S)cc1. The van der Waals surface area contributed by atoms with Gasteiger partial charge in [-0.25, -0.2) is 4.68 Å². The zero-order valence-corrected chi connectivity index (χ0v) is 14.9. The zero-order chi connectivity index (χ0) is 17.9. The monoisotopic (exact) mass is 360 g/mol. The fourth-order valence-electron chi connectivity index (χ4n) is 2.58. The van der Waals surface area contributed by atoms with Crippen LogP contribution in [0, 0.1) is 11.7 Å². The van der Waals surface area contributed by atoms with Gasteiger partial charge < -0.3 is 0 Å². The lowest BCUT2D eigenvalue weighted by Crippen LogP contribution is -1.93. The van der Waals surface area contributed by atoms with Crippen molar-refractivity contribution in [1.29, 1.82) is 0 Å². The van der Waals surface area contributed by atoms with E-state index in [2.05, 4.69) is 46.5 Å². The van der Waals surface area contributed by atoms with Crippen molar-refractivity contribution in [3.05, 3.63) is 83.0 Å². The summed E-state index contributed by atoms with van der Waals surface area (Å²) in [7, 11) is 0. The zero-order valence-electron chi connectivity index (χ0n) is 14.1. The number of rotatable bonds is 4. The van der Waals surface area contributed by atoms with Crippen LogP contribution in [0.2, 0.25) is 0 Å². The average molecular weight is 360 g/mol. The number of nitrogens with one attached hydrogen (secondary N) is 1. The Hall–Kier alpha value is -3.32. The maximum absolute atomic E-state index is 5.13. The van der Waals surface area contributed by atoms with Crippen LogP contribution in [0.5, 0.6) is 0 Å². The largest absolute Gasteiger partial charge is 0.250 e. The van der Waals surface area contributed by atoms with Crippen LogP contribution in [-0.4, -0.2) is 30.9 Å². The van der Waals surface area contributed by atoms with Crippen molar-refractivity contribution in [1.82, 2.24) is 24.7 Å². The first-order valence-electron chi connectivity index (χ1n) is 8.09. The molecule has 4 rings (SSSR count). The van der Waals surface area contributed by atoms with Crippen molar-refractivity contribution < 1.29 is 0 Å². The molecule has 2 heterocycles. The number of aromatic amines is 1. The van der Waals surface area contributed by atoms with Crippen LogP contribution in [0.25, 0.3) is 16.9 Å². The highest BCUT2D eigenvalue weighted by molar-refractivity contribution is 7.71. The molecule has 128 valence electrons. The quantitative estimate of drug-likeness (QED) is 0.442. The molecule has 0 aliphatic carbocycles. The second-order valence-corrected chi connectivity index (χ2v) is 6.22. The molecule has 0 saturated heterocycles. The second kappa shape index (κ2) is 6.89. The molecule has 4 aromatic rings. The van der Waals surface area contributed by atoms with E-state index in [0.29, 0.717) is 4.77 Å². The van der Waals surface area contributed by atoms with Gasteiger partial charge in [-0.15, -0.1) is 0 Å². The summed E-state index contributed by atoms with van der Waals surface area (Å²) in [5.41, 5.74) is 4.97. The summed E-state index contributed by atoms with van der Waals surface area (Å²) in [6.45, 7) is 2.06. The van der Waals surface area contributed by atoms with Gasteiger partial charge in [0, 0.05) is 17.3 Å². The third-order valence-electron chi connectivity index (χ3n) is 3.94. The third-order valence-corrected chi connectivity index (χ3v) is 4.22. The Morgan fingerprint density at radius 2 is 1.85 bits per heavy atom. The highest BCUT2D eigenvalue weighted by Gasteiger charge is 2.11. The molecule has 0 aliphatic rings. The van der Waals surface area contributed by atoms with E-state index in [1.165, 1.54) is 16.6 Å². The predicted molar refractivity (Wildman–Crippen MR) is 104 cm³/mol. The minimum Gasteiger partial charge on any atom is -0.250 e. The Bertz CT molecular complexity index is 1100. The van der Waals surface area contributed by atoms with Crippen molar-refractivity contribution in [3.8, 4) is 16.9 Å². The number of H-pyrrole nitrogens is 1. The first kappa shape index (κ1) is 16.2. The van der Waals surface area contributed by atoms with Gasteiger partial charge in [0.15, 0.2) is 0 Å². The number of nitrogens with zero attached hydrogens (tertiary/aromatic N) is 5. The lowest BCUT2D eigenvalue weighted by Gasteiger charge is -2.01. The number of aromatic nitrogens is 5. The molecule has 2 aromatic heterocycles. The maximum atomic E-state index is 5.13. The molecule has 7 heteroatoms. The van der Waals surface area contributed by atoms with Crippen LogP contribution < -0.4 is 0 Å². The van der Waals surface area contributed by atoms with E-state index in [0.717, 1.165) is 22.5 Å². The standard InChI is InChI=1S/C19H16N6S/c1-14-7-9-15(10-8-14)18-16(11-21-25-13-20-22-19(25)26)12-24(23-18)17-5-3-2-4-6-17/h2-13H,1H3,(H,22,26)/b21-11-. The van der Waals surface area contributed by atoms with Crippen LogP contribution in [0.15, 0.2) is 72.2 Å². The molecule has 0 bridgehead atoms. The fourth-order valence-corrected chi connectivity index (χ4v) is 2.73. The van der Waals surface area contributed by atoms with Crippen LogP contribution in [0.4, 0.5) is 0 Å². The summed E-state index contributed by atoms with van der Waals surface area (Å²) in [4.78, 5) is 0. The lowest BCUT2D eigenvalue weighted by molar-refractivity contribution is 0.862. The Morgan fingerprint density at radius 1 is 1.08 bits per heavy atom.